The van der Waals surface area contributed by atoms with E-state index < -0.39 is 0 Å². The predicted molar refractivity (Wildman–Crippen MR) is 86.0 cm³/mol. The topological polar surface area (TPSA) is 86.8 Å². The van der Waals surface area contributed by atoms with Crippen molar-refractivity contribution in [1.82, 2.24) is 25.3 Å². The second-order valence-electron chi connectivity index (χ2n) is 4.83. The molecule has 0 aliphatic rings. The van der Waals surface area contributed by atoms with E-state index in [1.54, 1.807) is 22.6 Å². The number of amides is 1. The Labute approximate surface area is 131 Å². The molecule has 3 heterocycles. The Kier molecular flexibility index (Phi) is 4.29. The number of aromatic amines is 1. The second-order valence-corrected chi connectivity index (χ2v) is 5.87. The Morgan fingerprint density at radius 1 is 1.41 bits per heavy atom. The minimum absolute atomic E-state index is 0.0367. The molecular weight excluding hydrogens is 300 g/mol. The largest absolute Gasteiger partial charge is 0.354 e. The number of fused-ring (bicyclic) bond motifs is 1. The van der Waals surface area contributed by atoms with Gasteiger partial charge in [0.25, 0.3) is 0 Å². The summed E-state index contributed by atoms with van der Waals surface area (Å²) in [6.07, 6.45) is 3.87. The Hall–Kier alpha value is -2.48. The van der Waals surface area contributed by atoms with Crippen LogP contribution < -0.4 is 10.2 Å². The SMILES string of the molecule is CN(CC(=O)NCCc1cccs1)c1ncnc2nc[nH]c12. The molecule has 7 nitrogen and oxygen atoms in total. The highest BCUT2D eigenvalue weighted by atomic mass is 32.1. The van der Waals surface area contributed by atoms with E-state index in [1.165, 1.54) is 11.2 Å². The lowest BCUT2D eigenvalue weighted by atomic mass is 10.3. The van der Waals surface area contributed by atoms with E-state index >= 15 is 0 Å². The lowest BCUT2D eigenvalue weighted by molar-refractivity contribution is -0.119. The molecule has 0 fully saturated rings. The molecule has 0 saturated heterocycles. The van der Waals surface area contributed by atoms with Gasteiger partial charge in [0.2, 0.25) is 5.91 Å². The van der Waals surface area contributed by atoms with Crippen LogP contribution in [-0.2, 0) is 11.2 Å². The molecule has 8 heteroatoms. The fourth-order valence-electron chi connectivity index (χ4n) is 2.17. The molecule has 114 valence electrons. The minimum Gasteiger partial charge on any atom is -0.354 e. The number of hydrogen-bond donors (Lipinski definition) is 2. The Morgan fingerprint density at radius 3 is 3.14 bits per heavy atom. The number of carbonyl (C=O) groups is 1. The van der Waals surface area contributed by atoms with Gasteiger partial charge in [0.1, 0.15) is 11.8 Å². The Morgan fingerprint density at radius 2 is 2.32 bits per heavy atom. The first kappa shape index (κ1) is 14.5. The zero-order valence-electron chi connectivity index (χ0n) is 12.1. The molecule has 0 aliphatic heterocycles. The Bertz CT molecular complexity index is 754. The van der Waals surface area contributed by atoms with Crippen LogP contribution in [0, 0.1) is 0 Å². The number of rotatable bonds is 6. The highest BCUT2D eigenvalue weighted by molar-refractivity contribution is 7.09. The van der Waals surface area contributed by atoms with Gasteiger partial charge >= 0.3 is 0 Å². The third-order valence-corrected chi connectivity index (χ3v) is 4.16. The van der Waals surface area contributed by atoms with Crippen molar-refractivity contribution in [2.75, 3.05) is 25.0 Å². The molecule has 0 aliphatic carbocycles. The first-order chi connectivity index (χ1) is 10.7. The van der Waals surface area contributed by atoms with Gasteiger partial charge in [0, 0.05) is 18.5 Å². The Balaban J connectivity index is 1.55. The number of thiophene rings is 1. The average Bonchev–Trinajstić information content (AvgIpc) is 3.17. The minimum atomic E-state index is -0.0367. The molecule has 0 saturated carbocycles. The summed E-state index contributed by atoms with van der Waals surface area (Å²) in [7, 11) is 1.82. The van der Waals surface area contributed by atoms with Crippen LogP contribution in [0.3, 0.4) is 0 Å². The van der Waals surface area contributed by atoms with Crippen molar-refractivity contribution in [1.29, 1.82) is 0 Å². The molecule has 1 amide bonds. The summed E-state index contributed by atoms with van der Waals surface area (Å²) in [6, 6.07) is 4.08. The summed E-state index contributed by atoms with van der Waals surface area (Å²) in [5, 5.41) is 4.96. The van der Waals surface area contributed by atoms with Crippen molar-refractivity contribution in [3.05, 3.63) is 35.0 Å². The molecule has 0 radical (unpaired) electrons. The van der Waals surface area contributed by atoms with E-state index in [9.17, 15) is 4.79 Å². The van der Waals surface area contributed by atoms with Gasteiger partial charge in [-0.3, -0.25) is 4.79 Å². The van der Waals surface area contributed by atoms with Crippen molar-refractivity contribution < 1.29 is 4.79 Å². The van der Waals surface area contributed by atoms with Crippen LogP contribution in [0.5, 0.6) is 0 Å². The lowest BCUT2D eigenvalue weighted by Gasteiger charge is -2.17. The maximum Gasteiger partial charge on any atom is 0.239 e. The van der Waals surface area contributed by atoms with Crippen LogP contribution in [0.4, 0.5) is 5.82 Å². The van der Waals surface area contributed by atoms with E-state index in [4.69, 9.17) is 0 Å². The molecule has 3 aromatic rings. The zero-order valence-corrected chi connectivity index (χ0v) is 12.9. The number of likely N-dealkylation sites (N-methyl/N-ethyl adjacent to an activating group) is 1. The number of carbonyl (C=O) groups excluding carboxylic acids is 1. The highest BCUT2D eigenvalue weighted by Crippen LogP contribution is 2.17. The smallest absolute Gasteiger partial charge is 0.239 e. The van der Waals surface area contributed by atoms with E-state index in [2.05, 4.69) is 31.3 Å². The molecule has 0 atom stereocenters. The lowest BCUT2D eigenvalue weighted by Crippen LogP contribution is -2.36. The standard InChI is InChI=1S/C14H16N6OS/c1-20(14-12-13(17-8-16-12)18-9-19-14)7-11(21)15-5-4-10-3-2-6-22-10/h2-3,6,8-9H,4-5,7H2,1H3,(H,15,21)(H,16,17,18,19). The van der Waals surface area contributed by atoms with Gasteiger partial charge in [-0.05, 0) is 17.9 Å². The number of H-pyrrole nitrogens is 1. The van der Waals surface area contributed by atoms with Crippen molar-refractivity contribution in [3.8, 4) is 0 Å². The van der Waals surface area contributed by atoms with Crippen molar-refractivity contribution in [2.24, 2.45) is 0 Å². The number of imidazole rings is 1. The monoisotopic (exact) mass is 316 g/mol. The third kappa shape index (κ3) is 3.22. The van der Waals surface area contributed by atoms with E-state index in [-0.39, 0.29) is 12.5 Å². The number of anilines is 1. The molecule has 22 heavy (non-hydrogen) atoms. The van der Waals surface area contributed by atoms with E-state index in [0.717, 1.165) is 11.9 Å². The van der Waals surface area contributed by atoms with Crippen LogP contribution in [0.25, 0.3) is 11.2 Å². The van der Waals surface area contributed by atoms with Crippen LogP contribution in [0.2, 0.25) is 0 Å². The van der Waals surface area contributed by atoms with Crippen LogP contribution >= 0.6 is 11.3 Å². The van der Waals surface area contributed by atoms with Crippen LogP contribution in [0.1, 0.15) is 4.88 Å². The summed E-state index contributed by atoms with van der Waals surface area (Å²) in [4.78, 5) is 30.4. The highest BCUT2D eigenvalue weighted by Gasteiger charge is 2.13. The summed E-state index contributed by atoms with van der Waals surface area (Å²) >= 11 is 1.70. The summed E-state index contributed by atoms with van der Waals surface area (Å²) in [5.74, 6) is 0.626. The summed E-state index contributed by atoms with van der Waals surface area (Å²) in [6.45, 7) is 0.867. The molecular formula is C14H16N6OS. The van der Waals surface area contributed by atoms with Gasteiger partial charge < -0.3 is 15.2 Å². The number of nitrogens with zero attached hydrogens (tertiary/aromatic N) is 4. The average molecular weight is 316 g/mol. The fourth-order valence-corrected chi connectivity index (χ4v) is 2.88. The van der Waals surface area contributed by atoms with Gasteiger partial charge in [-0.1, -0.05) is 6.07 Å². The number of hydrogen-bond acceptors (Lipinski definition) is 6. The van der Waals surface area contributed by atoms with Gasteiger partial charge in [-0.25, -0.2) is 15.0 Å². The van der Waals surface area contributed by atoms with E-state index in [0.29, 0.717) is 18.0 Å². The quantitative estimate of drug-likeness (QED) is 0.714. The summed E-state index contributed by atoms with van der Waals surface area (Å²) < 4.78 is 0. The zero-order chi connectivity index (χ0) is 15.4. The van der Waals surface area contributed by atoms with Crippen molar-refractivity contribution >= 4 is 34.2 Å². The van der Waals surface area contributed by atoms with Gasteiger partial charge in [0.15, 0.2) is 11.5 Å². The van der Waals surface area contributed by atoms with Crippen molar-refractivity contribution in [2.45, 2.75) is 6.42 Å². The van der Waals surface area contributed by atoms with Crippen LogP contribution in [-0.4, -0.2) is 46.0 Å². The summed E-state index contributed by atoms with van der Waals surface area (Å²) in [5.41, 5.74) is 1.33. The second kappa shape index (κ2) is 6.52. The maximum atomic E-state index is 12.0. The molecule has 0 unspecified atom stereocenters. The number of nitrogens with one attached hydrogen (secondary N) is 2. The molecule has 0 bridgehead atoms. The molecule has 0 spiro atoms. The van der Waals surface area contributed by atoms with Gasteiger partial charge in [-0.15, -0.1) is 11.3 Å². The molecule has 2 N–H and O–H groups in total. The van der Waals surface area contributed by atoms with E-state index in [1.807, 2.05) is 18.5 Å². The maximum absolute atomic E-state index is 12.0. The normalized spacial score (nSPS) is 10.8. The first-order valence-electron chi connectivity index (χ1n) is 6.88. The molecule has 3 aromatic heterocycles. The first-order valence-corrected chi connectivity index (χ1v) is 7.76. The molecule has 3 rings (SSSR count). The molecule has 0 aromatic carbocycles. The number of aromatic nitrogens is 4. The van der Waals surface area contributed by atoms with Gasteiger partial charge in [0.05, 0.1) is 12.9 Å². The third-order valence-electron chi connectivity index (χ3n) is 3.22. The van der Waals surface area contributed by atoms with Crippen molar-refractivity contribution in [3.63, 3.8) is 0 Å². The van der Waals surface area contributed by atoms with Gasteiger partial charge in [-0.2, -0.15) is 0 Å². The predicted octanol–water partition coefficient (Wildman–Crippen LogP) is 1.21. The fraction of sp³-hybridized carbons (Fsp3) is 0.286. The van der Waals surface area contributed by atoms with Crippen LogP contribution in [0.15, 0.2) is 30.2 Å².